The van der Waals surface area contributed by atoms with Crippen LogP contribution < -0.4 is 5.32 Å². The molecule has 0 spiro atoms. The molecule has 1 aliphatic heterocycles. The van der Waals surface area contributed by atoms with E-state index in [2.05, 4.69) is 33.6 Å². The Morgan fingerprint density at radius 3 is 3.36 bits per heavy atom. The normalized spacial score (nSPS) is 21.4. The molecule has 0 saturated carbocycles. The van der Waals surface area contributed by atoms with Gasteiger partial charge in [-0.2, -0.15) is 11.8 Å². The molecule has 1 aromatic rings. The number of nitrogens with one attached hydrogen (secondary N) is 1. The van der Waals surface area contributed by atoms with Crippen LogP contribution in [-0.4, -0.2) is 27.1 Å². The van der Waals surface area contributed by atoms with Gasteiger partial charge in [-0.15, -0.1) is 0 Å². The predicted molar refractivity (Wildman–Crippen MR) is 61.9 cm³/mol. The number of thioether (sulfide) groups is 1. The topological polar surface area (TPSA) is 29.9 Å². The lowest BCUT2D eigenvalue weighted by Gasteiger charge is -2.11. The van der Waals surface area contributed by atoms with Crippen molar-refractivity contribution in [3.8, 4) is 0 Å². The second kappa shape index (κ2) is 4.73. The molecule has 4 heteroatoms. The lowest BCUT2D eigenvalue weighted by molar-refractivity contribution is 0.749. The standard InChI is InChI=1S/C10H17N3S/c1-2-13-6-5-11-10(13)12-8-9-4-3-7-14-9/h5-6,9H,2-4,7-8H2,1H3,(H,11,12). The molecule has 1 N–H and O–H groups in total. The highest BCUT2D eigenvalue weighted by atomic mass is 32.2. The second-order valence-corrected chi connectivity index (χ2v) is 4.96. The smallest absolute Gasteiger partial charge is 0.202 e. The molecule has 0 radical (unpaired) electrons. The SMILES string of the molecule is CCn1ccnc1NCC1CCCS1. The molecule has 0 aromatic carbocycles. The zero-order valence-electron chi connectivity index (χ0n) is 8.57. The van der Waals surface area contributed by atoms with E-state index in [9.17, 15) is 0 Å². The molecule has 0 aliphatic carbocycles. The highest BCUT2D eigenvalue weighted by Gasteiger charge is 2.15. The van der Waals surface area contributed by atoms with Gasteiger partial charge in [0.15, 0.2) is 0 Å². The molecule has 0 bridgehead atoms. The van der Waals surface area contributed by atoms with Crippen molar-refractivity contribution >= 4 is 17.7 Å². The fraction of sp³-hybridized carbons (Fsp3) is 0.700. The molecule has 2 heterocycles. The van der Waals surface area contributed by atoms with Crippen LogP contribution in [0.25, 0.3) is 0 Å². The van der Waals surface area contributed by atoms with Crippen molar-refractivity contribution in [2.45, 2.75) is 31.6 Å². The molecule has 14 heavy (non-hydrogen) atoms. The Morgan fingerprint density at radius 2 is 2.64 bits per heavy atom. The zero-order valence-corrected chi connectivity index (χ0v) is 9.39. The minimum Gasteiger partial charge on any atom is -0.355 e. The first-order valence-corrected chi connectivity index (χ1v) is 6.31. The summed E-state index contributed by atoms with van der Waals surface area (Å²) in [7, 11) is 0. The molecule has 1 aliphatic rings. The largest absolute Gasteiger partial charge is 0.355 e. The van der Waals surface area contributed by atoms with Crippen LogP contribution in [0, 0.1) is 0 Å². The third-order valence-electron chi connectivity index (χ3n) is 2.57. The van der Waals surface area contributed by atoms with E-state index in [1.54, 1.807) is 0 Å². The van der Waals surface area contributed by atoms with Gasteiger partial charge in [-0.3, -0.25) is 0 Å². The van der Waals surface area contributed by atoms with E-state index in [1.807, 2.05) is 12.4 Å². The molecule has 1 aromatic heterocycles. The molecule has 0 amide bonds. The Kier molecular flexibility index (Phi) is 3.35. The Balaban J connectivity index is 1.84. The van der Waals surface area contributed by atoms with Crippen molar-refractivity contribution in [1.29, 1.82) is 0 Å². The van der Waals surface area contributed by atoms with E-state index in [-0.39, 0.29) is 0 Å². The number of anilines is 1. The van der Waals surface area contributed by atoms with E-state index in [0.29, 0.717) is 0 Å². The van der Waals surface area contributed by atoms with Gasteiger partial charge >= 0.3 is 0 Å². The molecule has 1 fully saturated rings. The van der Waals surface area contributed by atoms with E-state index in [1.165, 1.54) is 18.6 Å². The van der Waals surface area contributed by atoms with Gasteiger partial charge in [0.1, 0.15) is 0 Å². The lowest BCUT2D eigenvalue weighted by atomic mass is 10.2. The quantitative estimate of drug-likeness (QED) is 0.828. The molecule has 78 valence electrons. The van der Waals surface area contributed by atoms with Crippen molar-refractivity contribution in [3.05, 3.63) is 12.4 Å². The number of aryl methyl sites for hydroxylation is 1. The van der Waals surface area contributed by atoms with Crippen LogP contribution >= 0.6 is 11.8 Å². The summed E-state index contributed by atoms with van der Waals surface area (Å²) in [6, 6.07) is 0. The Bertz CT molecular complexity index is 279. The molecule has 1 atom stereocenters. The summed E-state index contributed by atoms with van der Waals surface area (Å²) in [6.07, 6.45) is 6.60. The summed E-state index contributed by atoms with van der Waals surface area (Å²) in [4.78, 5) is 4.29. The van der Waals surface area contributed by atoms with Gasteiger partial charge in [-0.1, -0.05) is 0 Å². The van der Waals surface area contributed by atoms with Crippen LogP contribution in [0.4, 0.5) is 5.95 Å². The summed E-state index contributed by atoms with van der Waals surface area (Å²) in [5.74, 6) is 2.34. The number of aromatic nitrogens is 2. The fourth-order valence-corrected chi connectivity index (χ4v) is 2.94. The summed E-state index contributed by atoms with van der Waals surface area (Å²) >= 11 is 2.08. The van der Waals surface area contributed by atoms with E-state index < -0.39 is 0 Å². The number of hydrogen-bond donors (Lipinski definition) is 1. The molecule has 1 saturated heterocycles. The molecule has 2 rings (SSSR count). The number of nitrogens with zero attached hydrogens (tertiary/aromatic N) is 2. The van der Waals surface area contributed by atoms with E-state index in [0.717, 1.165) is 24.3 Å². The van der Waals surface area contributed by atoms with Gasteiger partial charge in [0.25, 0.3) is 0 Å². The maximum absolute atomic E-state index is 4.29. The molecule has 3 nitrogen and oxygen atoms in total. The maximum Gasteiger partial charge on any atom is 0.202 e. The minimum atomic E-state index is 0.789. The van der Waals surface area contributed by atoms with Crippen LogP contribution in [0.3, 0.4) is 0 Å². The first-order chi connectivity index (χ1) is 6.90. The summed E-state index contributed by atoms with van der Waals surface area (Å²) in [5, 5.41) is 4.21. The first-order valence-electron chi connectivity index (χ1n) is 5.26. The summed E-state index contributed by atoms with van der Waals surface area (Å²) in [6.45, 7) is 4.18. The van der Waals surface area contributed by atoms with Crippen molar-refractivity contribution in [1.82, 2.24) is 9.55 Å². The fourth-order valence-electron chi connectivity index (χ4n) is 1.74. The van der Waals surface area contributed by atoms with Crippen LogP contribution in [0.2, 0.25) is 0 Å². The third kappa shape index (κ3) is 2.23. The maximum atomic E-state index is 4.29. The van der Waals surface area contributed by atoms with Crippen LogP contribution in [0.15, 0.2) is 12.4 Å². The van der Waals surface area contributed by atoms with Gasteiger partial charge in [-0.05, 0) is 25.5 Å². The van der Waals surface area contributed by atoms with Crippen molar-refractivity contribution in [2.24, 2.45) is 0 Å². The van der Waals surface area contributed by atoms with Crippen LogP contribution in [0.1, 0.15) is 19.8 Å². The van der Waals surface area contributed by atoms with Gasteiger partial charge in [-0.25, -0.2) is 4.98 Å². The highest BCUT2D eigenvalue weighted by Crippen LogP contribution is 2.26. The van der Waals surface area contributed by atoms with Crippen LogP contribution in [0.5, 0.6) is 0 Å². The van der Waals surface area contributed by atoms with Crippen molar-refractivity contribution in [2.75, 3.05) is 17.6 Å². The van der Waals surface area contributed by atoms with Gasteiger partial charge in [0.05, 0.1) is 0 Å². The molecular weight excluding hydrogens is 194 g/mol. The minimum absolute atomic E-state index is 0.789. The Morgan fingerprint density at radius 1 is 1.71 bits per heavy atom. The van der Waals surface area contributed by atoms with Crippen LogP contribution in [-0.2, 0) is 6.54 Å². The summed E-state index contributed by atoms with van der Waals surface area (Å²) in [5.41, 5.74) is 0. The first kappa shape index (κ1) is 9.90. The molecule has 1 unspecified atom stereocenters. The van der Waals surface area contributed by atoms with Crippen molar-refractivity contribution in [3.63, 3.8) is 0 Å². The number of hydrogen-bond acceptors (Lipinski definition) is 3. The number of rotatable bonds is 4. The second-order valence-electron chi connectivity index (χ2n) is 3.55. The van der Waals surface area contributed by atoms with E-state index >= 15 is 0 Å². The average molecular weight is 211 g/mol. The van der Waals surface area contributed by atoms with Gasteiger partial charge < -0.3 is 9.88 Å². The van der Waals surface area contributed by atoms with Gasteiger partial charge in [0.2, 0.25) is 5.95 Å². The highest BCUT2D eigenvalue weighted by molar-refractivity contribution is 8.00. The zero-order chi connectivity index (χ0) is 9.80. The molecular formula is C10H17N3S. The summed E-state index contributed by atoms with van der Waals surface area (Å²) < 4.78 is 2.14. The average Bonchev–Trinajstić information content (AvgIpc) is 2.85. The number of imidazole rings is 1. The van der Waals surface area contributed by atoms with Gasteiger partial charge in [0, 0.05) is 30.7 Å². The monoisotopic (exact) mass is 211 g/mol. The third-order valence-corrected chi connectivity index (χ3v) is 3.97. The Labute approximate surface area is 89.3 Å². The van der Waals surface area contributed by atoms with Crippen molar-refractivity contribution < 1.29 is 0 Å². The lowest BCUT2D eigenvalue weighted by Crippen LogP contribution is -2.16. The predicted octanol–water partition coefficient (Wildman–Crippen LogP) is 2.21. The van der Waals surface area contributed by atoms with E-state index in [4.69, 9.17) is 0 Å². The Hall–Kier alpha value is -0.640.